The quantitative estimate of drug-likeness (QED) is 0.400. The molecule has 0 spiro atoms. The van der Waals surface area contributed by atoms with Gasteiger partial charge in [0.05, 0.1) is 4.91 Å². The van der Waals surface area contributed by atoms with Gasteiger partial charge in [-0.15, -0.1) is 0 Å². The van der Waals surface area contributed by atoms with E-state index in [0.29, 0.717) is 4.91 Å². The monoisotopic (exact) mass is 454 g/mol. The summed E-state index contributed by atoms with van der Waals surface area (Å²) in [5.74, 6) is -0.492. The number of hydrogen-bond acceptors (Lipinski definition) is 6. The number of nitrogens with one attached hydrogen (secondary N) is 1. The Kier molecular flexibility index (Phi) is 5.66. The molecule has 2 N–H and O–H groups in total. The lowest BCUT2D eigenvalue weighted by Crippen LogP contribution is -2.51. The van der Waals surface area contributed by atoms with E-state index in [1.807, 2.05) is 39.0 Å². The summed E-state index contributed by atoms with van der Waals surface area (Å²) in [5, 5.41) is 3.41. The molecule has 158 valence electrons. The Hall–Kier alpha value is -1.42. The molecular formula is C20H26N2O4S3. The van der Waals surface area contributed by atoms with Crippen LogP contribution in [0.1, 0.15) is 52.2 Å². The summed E-state index contributed by atoms with van der Waals surface area (Å²) in [4.78, 5) is 13.0. The van der Waals surface area contributed by atoms with E-state index in [4.69, 9.17) is 12.2 Å². The average Bonchev–Trinajstić information content (AvgIpc) is 2.87. The number of fused-ring (bicyclic) bond motifs is 1. The number of anilines is 1. The number of carbonyl (C=O) groups is 1. The van der Waals surface area contributed by atoms with Crippen LogP contribution in [-0.2, 0) is 21.3 Å². The second-order valence-electron chi connectivity index (χ2n) is 8.75. The highest BCUT2D eigenvalue weighted by Gasteiger charge is 2.50. The van der Waals surface area contributed by atoms with Gasteiger partial charge in [-0.3, -0.25) is 14.2 Å². The van der Waals surface area contributed by atoms with E-state index < -0.39 is 26.3 Å². The topological polar surface area (TPSA) is 86.7 Å². The Labute approximate surface area is 181 Å². The van der Waals surface area contributed by atoms with Crippen LogP contribution in [0.2, 0.25) is 0 Å². The number of thioether (sulfide) groups is 1. The molecule has 0 radical (unpaired) electrons. The van der Waals surface area contributed by atoms with E-state index in [-0.39, 0.29) is 4.32 Å². The van der Waals surface area contributed by atoms with Crippen LogP contribution < -0.4 is 5.32 Å². The number of carbonyl (C=O) groups excluding carboxylic acids is 1. The maximum absolute atomic E-state index is 13.4. The third-order valence-electron chi connectivity index (χ3n) is 5.28. The van der Waals surface area contributed by atoms with Crippen molar-refractivity contribution in [3.63, 3.8) is 0 Å². The Morgan fingerprint density at radius 2 is 1.90 bits per heavy atom. The normalized spacial score (nSPS) is 19.9. The van der Waals surface area contributed by atoms with E-state index in [9.17, 15) is 17.8 Å². The number of amides is 1. The minimum absolute atomic E-state index is 0.122. The maximum Gasteiger partial charge on any atom is 0.289 e. The molecule has 0 unspecified atom stereocenters. The summed E-state index contributed by atoms with van der Waals surface area (Å²) in [6.45, 7) is 9.55. The molecule has 0 saturated carbocycles. The highest BCUT2D eigenvalue weighted by Crippen LogP contribution is 2.48. The first-order valence-electron chi connectivity index (χ1n) is 9.41. The van der Waals surface area contributed by atoms with Gasteiger partial charge in [0.15, 0.2) is 4.87 Å². The van der Waals surface area contributed by atoms with E-state index in [0.717, 1.165) is 58.4 Å². The minimum atomic E-state index is -4.54. The van der Waals surface area contributed by atoms with E-state index in [1.165, 1.54) is 13.8 Å². The highest BCUT2D eigenvalue weighted by molar-refractivity contribution is 8.26. The Morgan fingerprint density at radius 1 is 1.24 bits per heavy atom. The second kappa shape index (κ2) is 7.37. The number of hydrogen-bond donors (Lipinski definition) is 2. The molecule has 1 saturated heterocycles. The average molecular weight is 455 g/mol. The van der Waals surface area contributed by atoms with Gasteiger partial charge in [-0.2, -0.15) is 8.42 Å². The standard InChI is InChI=1S/C20H26N2O4S3/c1-19(2,3)15(13-8-6-10-14-12(13)9-7-11-21-14)16-17(23)22(18(27)28-16)20(4,5)29(24,25)26/h6,8,10,21H,7,9,11H2,1-5H3,(H,24,25,26). The molecule has 6 nitrogen and oxygen atoms in total. The molecule has 0 bridgehead atoms. The first kappa shape index (κ1) is 22.3. The van der Waals surface area contributed by atoms with Crippen molar-refractivity contribution >= 4 is 55.6 Å². The lowest BCUT2D eigenvalue weighted by Gasteiger charge is -2.32. The van der Waals surface area contributed by atoms with Gasteiger partial charge in [-0.05, 0) is 54.9 Å². The van der Waals surface area contributed by atoms with Crippen LogP contribution in [0.5, 0.6) is 0 Å². The molecule has 0 aromatic heterocycles. The van der Waals surface area contributed by atoms with Crippen LogP contribution in [0, 0.1) is 5.41 Å². The van der Waals surface area contributed by atoms with Gasteiger partial charge in [0.25, 0.3) is 16.0 Å². The first-order valence-corrected chi connectivity index (χ1v) is 12.1. The van der Waals surface area contributed by atoms with Gasteiger partial charge in [-0.25, -0.2) is 0 Å². The zero-order valence-electron chi connectivity index (χ0n) is 17.2. The van der Waals surface area contributed by atoms with E-state index in [2.05, 4.69) is 5.32 Å². The number of allylic oxidation sites excluding steroid dienone is 1. The summed E-state index contributed by atoms with van der Waals surface area (Å²) in [6, 6.07) is 6.00. The molecule has 1 amide bonds. The molecule has 1 aromatic rings. The van der Waals surface area contributed by atoms with Crippen molar-refractivity contribution < 1.29 is 17.8 Å². The number of rotatable bonds is 3. The fraction of sp³-hybridized carbons (Fsp3) is 0.500. The van der Waals surface area contributed by atoms with Crippen molar-refractivity contribution in [2.75, 3.05) is 11.9 Å². The summed E-state index contributed by atoms with van der Waals surface area (Å²) in [6.07, 6.45) is 1.90. The van der Waals surface area contributed by atoms with Crippen LogP contribution in [0.25, 0.3) is 5.57 Å². The largest absolute Gasteiger partial charge is 0.385 e. The van der Waals surface area contributed by atoms with Gasteiger partial charge < -0.3 is 5.32 Å². The van der Waals surface area contributed by atoms with Gasteiger partial charge in [0.2, 0.25) is 0 Å². The summed E-state index contributed by atoms with van der Waals surface area (Å²) in [5.41, 5.74) is 3.64. The Bertz CT molecular complexity index is 1020. The lowest BCUT2D eigenvalue weighted by molar-refractivity contribution is -0.124. The molecule has 0 atom stereocenters. The van der Waals surface area contributed by atoms with Crippen molar-refractivity contribution in [2.24, 2.45) is 5.41 Å². The van der Waals surface area contributed by atoms with Crippen molar-refractivity contribution in [3.8, 4) is 0 Å². The van der Waals surface area contributed by atoms with Gasteiger partial charge in [0, 0.05) is 12.2 Å². The summed E-state index contributed by atoms with van der Waals surface area (Å²) >= 11 is 6.47. The third kappa shape index (κ3) is 3.85. The molecule has 2 aliphatic rings. The molecule has 1 fully saturated rings. The smallest absolute Gasteiger partial charge is 0.289 e. The molecule has 0 aliphatic carbocycles. The molecule has 9 heteroatoms. The van der Waals surface area contributed by atoms with Gasteiger partial charge in [0.1, 0.15) is 4.32 Å². The molecule has 2 aliphatic heterocycles. The Balaban J connectivity index is 2.24. The lowest BCUT2D eigenvalue weighted by atomic mass is 9.78. The van der Waals surface area contributed by atoms with Crippen LogP contribution in [-0.4, -0.2) is 39.5 Å². The van der Waals surface area contributed by atoms with Crippen molar-refractivity contribution in [1.82, 2.24) is 4.90 Å². The van der Waals surface area contributed by atoms with Crippen LogP contribution in [0.4, 0.5) is 5.69 Å². The fourth-order valence-corrected chi connectivity index (χ4v) is 6.07. The highest BCUT2D eigenvalue weighted by atomic mass is 32.2. The number of nitrogens with zero attached hydrogens (tertiary/aromatic N) is 1. The zero-order valence-corrected chi connectivity index (χ0v) is 19.6. The first-order chi connectivity index (χ1) is 13.3. The molecule has 1 aromatic carbocycles. The SMILES string of the molecule is CC(C)(C)C(=C1SC(=S)N(C(C)(C)S(=O)(=O)O)C1=O)c1cccc2c1CCCN2. The van der Waals surface area contributed by atoms with E-state index in [1.54, 1.807) is 0 Å². The summed E-state index contributed by atoms with van der Waals surface area (Å²) in [7, 11) is -4.54. The summed E-state index contributed by atoms with van der Waals surface area (Å²) < 4.78 is 33.7. The number of thiocarbonyl (C=S) groups is 1. The predicted molar refractivity (Wildman–Crippen MR) is 122 cm³/mol. The molecule has 2 heterocycles. The molecule has 3 rings (SSSR count). The minimum Gasteiger partial charge on any atom is -0.385 e. The molecular weight excluding hydrogens is 428 g/mol. The van der Waals surface area contributed by atoms with Gasteiger partial charge in [-0.1, -0.05) is 56.9 Å². The van der Waals surface area contributed by atoms with Crippen LogP contribution in [0.3, 0.4) is 0 Å². The van der Waals surface area contributed by atoms with Crippen molar-refractivity contribution in [2.45, 2.75) is 52.3 Å². The predicted octanol–water partition coefficient (Wildman–Crippen LogP) is 4.29. The maximum atomic E-state index is 13.4. The fourth-order valence-electron chi connectivity index (χ4n) is 3.71. The van der Waals surface area contributed by atoms with Crippen molar-refractivity contribution in [3.05, 3.63) is 34.2 Å². The zero-order chi connectivity index (χ0) is 21.8. The van der Waals surface area contributed by atoms with Crippen LogP contribution >= 0.6 is 24.0 Å². The van der Waals surface area contributed by atoms with Crippen molar-refractivity contribution in [1.29, 1.82) is 0 Å². The number of benzene rings is 1. The molecule has 29 heavy (non-hydrogen) atoms. The van der Waals surface area contributed by atoms with Gasteiger partial charge >= 0.3 is 0 Å². The second-order valence-corrected chi connectivity index (χ2v) is 12.3. The third-order valence-corrected chi connectivity index (χ3v) is 8.10. The Morgan fingerprint density at radius 3 is 2.48 bits per heavy atom. The van der Waals surface area contributed by atoms with Crippen LogP contribution in [0.15, 0.2) is 23.1 Å². The van der Waals surface area contributed by atoms with E-state index >= 15 is 0 Å².